The van der Waals surface area contributed by atoms with E-state index in [9.17, 15) is 10.4 Å². The lowest BCUT2D eigenvalue weighted by Crippen LogP contribution is -2.21. The summed E-state index contributed by atoms with van der Waals surface area (Å²) in [5.74, 6) is 0.597. The molecule has 0 amide bonds. The number of hydrogen-bond acceptors (Lipinski definition) is 5. The number of phenolic OH excluding ortho intramolecular Hbond substituents is 1. The van der Waals surface area contributed by atoms with Gasteiger partial charge in [0.25, 0.3) is 0 Å². The van der Waals surface area contributed by atoms with E-state index in [1.807, 2.05) is 24.4 Å². The van der Waals surface area contributed by atoms with Crippen molar-refractivity contribution >= 4 is 26.8 Å². The second kappa shape index (κ2) is 7.05. The fraction of sp³-hybridized carbons (Fsp3) is 0.227. The van der Waals surface area contributed by atoms with Crippen molar-refractivity contribution in [3.05, 3.63) is 63.6 Å². The number of methoxy groups -OCH3 is 1. The fourth-order valence-corrected chi connectivity index (χ4v) is 4.32. The Balaban J connectivity index is 1.99. The number of hydrogen-bond donors (Lipinski definition) is 2. The third kappa shape index (κ3) is 2.91. The average molecular weight is 454 g/mol. The minimum Gasteiger partial charge on any atom is -0.503 e. The molecule has 0 saturated carbocycles. The van der Waals surface area contributed by atoms with Crippen LogP contribution in [0.4, 0.5) is 0 Å². The number of nitriles is 1. The Morgan fingerprint density at radius 1 is 1.31 bits per heavy atom. The summed E-state index contributed by atoms with van der Waals surface area (Å²) in [5.41, 5.74) is 9.12. The number of halogens is 1. The molecule has 0 fully saturated rings. The van der Waals surface area contributed by atoms with Crippen LogP contribution < -0.4 is 15.2 Å². The smallest absolute Gasteiger partial charge is 0.205 e. The second-order valence-corrected chi connectivity index (χ2v) is 8.07. The molecule has 2 aromatic carbocycles. The van der Waals surface area contributed by atoms with E-state index in [4.69, 9.17) is 15.2 Å². The van der Waals surface area contributed by atoms with Crippen molar-refractivity contribution in [1.29, 1.82) is 5.26 Å². The Kier molecular flexibility index (Phi) is 4.67. The van der Waals surface area contributed by atoms with Gasteiger partial charge in [-0.3, -0.25) is 0 Å². The number of aromatic nitrogens is 1. The van der Waals surface area contributed by atoms with Gasteiger partial charge in [-0.05, 0) is 59.6 Å². The second-order valence-electron chi connectivity index (χ2n) is 7.21. The van der Waals surface area contributed by atoms with Crippen molar-refractivity contribution in [3.63, 3.8) is 0 Å². The Labute approximate surface area is 176 Å². The third-order valence-electron chi connectivity index (χ3n) is 5.24. The van der Waals surface area contributed by atoms with Crippen molar-refractivity contribution in [2.24, 2.45) is 5.73 Å². The summed E-state index contributed by atoms with van der Waals surface area (Å²) in [7, 11) is 1.48. The Morgan fingerprint density at radius 3 is 2.72 bits per heavy atom. The van der Waals surface area contributed by atoms with E-state index in [-0.39, 0.29) is 11.6 Å². The maximum Gasteiger partial charge on any atom is 0.205 e. The van der Waals surface area contributed by atoms with Gasteiger partial charge in [0.05, 0.1) is 23.0 Å². The van der Waals surface area contributed by atoms with Crippen LogP contribution in [0.5, 0.6) is 17.2 Å². The molecule has 1 aliphatic heterocycles. The van der Waals surface area contributed by atoms with Gasteiger partial charge in [0, 0.05) is 23.2 Å². The zero-order valence-corrected chi connectivity index (χ0v) is 17.8. The Bertz CT molecular complexity index is 1200. The summed E-state index contributed by atoms with van der Waals surface area (Å²) in [5, 5.41) is 20.9. The number of fused-ring (bicyclic) bond motifs is 3. The predicted molar refractivity (Wildman–Crippen MR) is 114 cm³/mol. The molecule has 6 nitrogen and oxygen atoms in total. The van der Waals surface area contributed by atoms with Crippen molar-refractivity contribution in [3.8, 4) is 23.3 Å². The van der Waals surface area contributed by atoms with Crippen molar-refractivity contribution in [2.75, 3.05) is 7.11 Å². The molecule has 0 saturated heterocycles. The minimum atomic E-state index is -0.443. The first-order valence-corrected chi connectivity index (χ1v) is 9.94. The first kappa shape index (κ1) is 19.2. The van der Waals surface area contributed by atoms with Crippen LogP contribution in [0.25, 0.3) is 10.9 Å². The summed E-state index contributed by atoms with van der Waals surface area (Å²) in [6.07, 6.45) is 2.02. The summed E-state index contributed by atoms with van der Waals surface area (Å²) in [4.78, 5) is 0. The van der Waals surface area contributed by atoms with Crippen LogP contribution in [0.3, 0.4) is 0 Å². The molecule has 148 valence electrons. The van der Waals surface area contributed by atoms with Crippen molar-refractivity contribution in [2.45, 2.75) is 25.8 Å². The summed E-state index contributed by atoms with van der Waals surface area (Å²) in [6.45, 7) is 4.23. The van der Waals surface area contributed by atoms with E-state index in [1.165, 1.54) is 7.11 Å². The van der Waals surface area contributed by atoms with Crippen LogP contribution in [-0.4, -0.2) is 16.8 Å². The van der Waals surface area contributed by atoms with Gasteiger partial charge >= 0.3 is 0 Å². The van der Waals surface area contributed by atoms with E-state index < -0.39 is 5.92 Å². The molecular weight excluding hydrogens is 434 g/mol. The van der Waals surface area contributed by atoms with E-state index in [0.717, 1.165) is 22.0 Å². The number of benzene rings is 2. The van der Waals surface area contributed by atoms with Gasteiger partial charge in [-0.1, -0.05) is 6.07 Å². The van der Waals surface area contributed by atoms with Crippen LogP contribution in [0, 0.1) is 11.3 Å². The molecule has 1 aliphatic rings. The van der Waals surface area contributed by atoms with Crippen molar-refractivity contribution in [1.82, 2.24) is 4.57 Å². The highest BCUT2D eigenvalue weighted by Gasteiger charge is 2.33. The number of ether oxygens (including phenoxy) is 2. The zero-order chi connectivity index (χ0) is 20.9. The number of phenols is 1. The van der Waals surface area contributed by atoms with Crippen molar-refractivity contribution < 1.29 is 14.6 Å². The molecule has 1 unspecified atom stereocenters. The van der Waals surface area contributed by atoms with Gasteiger partial charge in [-0.15, -0.1) is 0 Å². The lowest BCUT2D eigenvalue weighted by Gasteiger charge is -2.27. The molecule has 4 rings (SSSR count). The number of allylic oxidation sites excluding steroid dienone is 1. The topological polar surface area (TPSA) is 93.4 Å². The molecule has 0 radical (unpaired) electrons. The lowest BCUT2D eigenvalue weighted by atomic mass is 9.83. The first-order chi connectivity index (χ1) is 13.9. The van der Waals surface area contributed by atoms with E-state index in [2.05, 4.69) is 40.4 Å². The molecule has 1 atom stereocenters. The summed E-state index contributed by atoms with van der Waals surface area (Å²) >= 11 is 3.37. The minimum absolute atomic E-state index is 0.00320. The number of nitrogens with zero attached hydrogens (tertiary/aromatic N) is 2. The van der Waals surface area contributed by atoms with Gasteiger partial charge < -0.3 is 24.9 Å². The van der Waals surface area contributed by atoms with Gasteiger partial charge in [0.1, 0.15) is 17.4 Å². The van der Waals surface area contributed by atoms with Crippen LogP contribution in [-0.2, 0) is 0 Å². The van der Waals surface area contributed by atoms with Crippen LogP contribution in [0.1, 0.15) is 36.9 Å². The van der Waals surface area contributed by atoms with Crippen LogP contribution >= 0.6 is 15.9 Å². The van der Waals surface area contributed by atoms with Gasteiger partial charge in [0.2, 0.25) is 5.88 Å². The van der Waals surface area contributed by atoms with E-state index in [1.54, 1.807) is 12.1 Å². The van der Waals surface area contributed by atoms with E-state index >= 15 is 0 Å². The molecule has 0 spiro atoms. The molecule has 3 aromatic rings. The molecule has 29 heavy (non-hydrogen) atoms. The van der Waals surface area contributed by atoms with Crippen LogP contribution in [0.2, 0.25) is 0 Å². The number of nitrogens with two attached hydrogens (primary N) is 1. The standard InChI is InChI=1S/C22H20BrN3O3/c1-11(2)26-7-6-13-17(26)5-4-14-19(15(10-24)22(25)29-21(13)14)12-8-16(23)20(27)18(9-12)28-3/h4-9,11,19,27H,25H2,1-3H3. The Morgan fingerprint density at radius 2 is 2.07 bits per heavy atom. The van der Waals surface area contributed by atoms with Crippen LogP contribution in [0.15, 0.2) is 52.5 Å². The van der Waals surface area contributed by atoms with Gasteiger partial charge in [-0.25, -0.2) is 0 Å². The largest absolute Gasteiger partial charge is 0.503 e. The lowest BCUT2D eigenvalue weighted by molar-refractivity contribution is 0.370. The average Bonchev–Trinajstić information content (AvgIpc) is 3.14. The summed E-state index contributed by atoms with van der Waals surface area (Å²) < 4.78 is 13.9. The highest BCUT2D eigenvalue weighted by atomic mass is 79.9. The summed E-state index contributed by atoms with van der Waals surface area (Å²) in [6, 6.07) is 12.0. The number of rotatable bonds is 3. The molecule has 1 aromatic heterocycles. The molecule has 7 heteroatoms. The van der Waals surface area contributed by atoms with E-state index in [0.29, 0.717) is 27.6 Å². The Hall–Kier alpha value is -3.11. The van der Waals surface area contributed by atoms with Gasteiger partial charge in [-0.2, -0.15) is 5.26 Å². The monoisotopic (exact) mass is 453 g/mol. The molecule has 3 N–H and O–H groups in total. The molecule has 0 aliphatic carbocycles. The number of aromatic hydroxyl groups is 1. The highest BCUT2D eigenvalue weighted by molar-refractivity contribution is 9.10. The highest BCUT2D eigenvalue weighted by Crippen LogP contribution is 2.48. The fourth-order valence-electron chi connectivity index (χ4n) is 3.86. The quantitative estimate of drug-likeness (QED) is 0.586. The molecule has 0 bridgehead atoms. The maximum atomic E-state index is 10.2. The third-order valence-corrected chi connectivity index (χ3v) is 5.85. The molecule has 2 heterocycles. The normalized spacial score (nSPS) is 15.9. The first-order valence-electron chi connectivity index (χ1n) is 9.14. The maximum absolute atomic E-state index is 10.2. The predicted octanol–water partition coefficient (Wildman–Crippen LogP) is 4.92. The molecular formula is C22H20BrN3O3. The SMILES string of the molecule is COc1cc(C2C(C#N)=C(N)Oc3c2ccc2c3ccn2C(C)C)cc(Br)c1O. The van der Waals surface area contributed by atoms with Gasteiger partial charge in [0.15, 0.2) is 11.5 Å². The zero-order valence-electron chi connectivity index (χ0n) is 16.2.